The summed E-state index contributed by atoms with van der Waals surface area (Å²) in [6.07, 6.45) is 1.35. The number of rotatable bonds is 4. The normalized spacial score (nSPS) is 10.9. The highest BCUT2D eigenvalue weighted by molar-refractivity contribution is 9.10. The summed E-state index contributed by atoms with van der Waals surface area (Å²) in [6.45, 7) is 0. The third-order valence-corrected chi connectivity index (χ3v) is 3.37. The number of nitrogens with one attached hydrogen (secondary N) is 2. The lowest BCUT2D eigenvalue weighted by molar-refractivity contribution is 0.0602. The number of allylic oxidation sites excluding steroid dienone is 1. The largest absolute Gasteiger partial charge is 0.465 e. The molecule has 1 aromatic carbocycles. The number of H-pyrrole nitrogens is 1. The lowest BCUT2D eigenvalue weighted by Gasteiger charge is -2.11. The van der Waals surface area contributed by atoms with Crippen molar-refractivity contribution in [3.8, 4) is 6.07 Å². The fourth-order valence-corrected chi connectivity index (χ4v) is 2.48. The molecule has 0 bridgehead atoms. The zero-order chi connectivity index (χ0) is 16.1. The van der Waals surface area contributed by atoms with Crippen molar-refractivity contribution in [3.05, 3.63) is 39.2 Å². The molecule has 112 valence electrons. The molecule has 22 heavy (non-hydrogen) atoms. The van der Waals surface area contributed by atoms with Gasteiger partial charge in [-0.2, -0.15) is 10.5 Å². The number of ether oxygens (including phenoxy) is 1. The van der Waals surface area contributed by atoms with Crippen LogP contribution >= 0.6 is 27.5 Å². The van der Waals surface area contributed by atoms with E-state index in [9.17, 15) is 4.79 Å². The minimum atomic E-state index is -0.572. The Morgan fingerprint density at radius 2 is 2.36 bits per heavy atom. The highest BCUT2D eigenvalue weighted by Crippen LogP contribution is 2.31. The molecule has 0 saturated carbocycles. The van der Waals surface area contributed by atoms with Crippen LogP contribution in [0.1, 0.15) is 16.2 Å². The van der Waals surface area contributed by atoms with Gasteiger partial charge in [-0.25, -0.2) is 4.79 Å². The smallest absolute Gasteiger partial charge is 0.340 e. The van der Waals surface area contributed by atoms with Crippen molar-refractivity contribution >= 4 is 44.8 Å². The molecule has 1 aromatic heterocycles. The summed E-state index contributed by atoms with van der Waals surface area (Å²) >= 11 is 9.23. The number of carbonyl (C=O) groups is 1. The van der Waals surface area contributed by atoms with Gasteiger partial charge in [0, 0.05) is 15.7 Å². The van der Waals surface area contributed by atoms with Crippen LogP contribution in [0.15, 0.2) is 22.8 Å². The second-order valence-electron chi connectivity index (χ2n) is 3.85. The number of halogens is 2. The third-order valence-electron chi connectivity index (χ3n) is 2.53. The van der Waals surface area contributed by atoms with E-state index in [2.05, 4.69) is 41.9 Å². The molecule has 0 unspecified atom stereocenters. The summed E-state index contributed by atoms with van der Waals surface area (Å²) in [5.74, 6) is -0.447. The molecule has 0 aliphatic heterocycles. The molecule has 2 rings (SSSR count). The summed E-state index contributed by atoms with van der Waals surface area (Å²) in [7, 11) is 1.26. The third kappa shape index (κ3) is 3.41. The van der Waals surface area contributed by atoms with Crippen LogP contribution in [0.4, 0.5) is 5.69 Å². The Labute approximate surface area is 138 Å². The molecular formula is C12H8BrClN6O2. The summed E-state index contributed by atoms with van der Waals surface area (Å²) < 4.78 is 5.24. The Hall–Kier alpha value is -2.44. The fraction of sp³-hybridized carbons (Fsp3) is 0.0833. The van der Waals surface area contributed by atoms with E-state index in [-0.39, 0.29) is 17.0 Å². The van der Waals surface area contributed by atoms with Crippen LogP contribution in [-0.4, -0.2) is 33.7 Å². The number of nitriles is 1. The monoisotopic (exact) mass is 382 g/mol. The highest BCUT2D eigenvalue weighted by Gasteiger charge is 2.16. The van der Waals surface area contributed by atoms with Gasteiger partial charge in [-0.3, -0.25) is 0 Å². The van der Waals surface area contributed by atoms with Gasteiger partial charge in [-0.15, -0.1) is 10.2 Å². The van der Waals surface area contributed by atoms with Crippen molar-refractivity contribution in [2.24, 2.45) is 0 Å². The average molecular weight is 384 g/mol. The molecule has 1 heterocycles. The maximum atomic E-state index is 11.8. The second-order valence-corrected chi connectivity index (χ2v) is 5.14. The summed E-state index contributed by atoms with van der Waals surface area (Å²) in [4.78, 5) is 11.8. The number of tetrazole rings is 1. The molecule has 0 spiro atoms. The van der Waals surface area contributed by atoms with E-state index in [4.69, 9.17) is 21.6 Å². The quantitative estimate of drug-likeness (QED) is 0.615. The minimum absolute atomic E-state index is 0.125. The first kappa shape index (κ1) is 15.9. The van der Waals surface area contributed by atoms with Crippen molar-refractivity contribution in [2.75, 3.05) is 12.4 Å². The van der Waals surface area contributed by atoms with Crippen LogP contribution in [-0.2, 0) is 4.74 Å². The molecule has 0 atom stereocenters. The van der Waals surface area contributed by atoms with Gasteiger partial charge in [0.1, 0.15) is 11.6 Å². The molecule has 0 aliphatic rings. The van der Waals surface area contributed by atoms with Crippen molar-refractivity contribution in [1.82, 2.24) is 20.6 Å². The van der Waals surface area contributed by atoms with Crippen LogP contribution in [0.5, 0.6) is 0 Å². The van der Waals surface area contributed by atoms with Gasteiger partial charge < -0.3 is 10.1 Å². The van der Waals surface area contributed by atoms with Crippen LogP contribution in [0.3, 0.4) is 0 Å². The summed E-state index contributed by atoms with van der Waals surface area (Å²) in [6, 6.07) is 4.98. The second kappa shape index (κ2) is 7.02. The van der Waals surface area contributed by atoms with E-state index in [1.165, 1.54) is 19.4 Å². The van der Waals surface area contributed by atoms with E-state index in [0.29, 0.717) is 15.2 Å². The van der Waals surface area contributed by atoms with Crippen molar-refractivity contribution in [3.63, 3.8) is 0 Å². The molecule has 0 aliphatic carbocycles. The number of esters is 1. The fourth-order valence-electron chi connectivity index (χ4n) is 1.56. The minimum Gasteiger partial charge on any atom is -0.465 e. The first-order chi connectivity index (χ1) is 10.6. The Balaban J connectivity index is 2.41. The van der Waals surface area contributed by atoms with E-state index >= 15 is 0 Å². The first-order valence-electron chi connectivity index (χ1n) is 5.74. The zero-order valence-electron chi connectivity index (χ0n) is 11.1. The zero-order valence-corrected chi connectivity index (χ0v) is 13.4. The first-order valence-corrected chi connectivity index (χ1v) is 6.92. The van der Waals surface area contributed by atoms with Gasteiger partial charge in [-0.1, -0.05) is 11.6 Å². The Bertz CT molecular complexity index is 769. The molecule has 0 fully saturated rings. The number of methoxy groups -OCH3 is 1. The van der Waals surface area contributed by atoms with Crippen molar-refractivity contribution < 1.29 is 9.53 Å². The van der Waals surface area contributed by atoms with Gasteiger partial charge in [0.25, 0.3) is 0 Å². The van der Waals surface area contributed by atoms with Crippen LogP contribution < -0.4 is 5.32 Å². The number of aromatic nitrogens is 4. The summed E-state index contributed by atoms with van der Waals surface area (Å²) in [5, 5.41) is 25.4. The van der Waals surface area contributed by atoms with Crippen LogP contribution in [0.25, 0.3) is 5.57 Å². The Morgan fingerprint density at radius 3 is 2.95 bits per heavy atom. The number of hydrogen-bond donors (Lipinski definition) is 2. The van der Waals surface area contributed by atoms with E-state index in [1.54, 1.807) is 6.07 Å². The van der Waals surface area contributed by atoms with Gasteiger partial charge in [0.2, 0.25) is 5.82 Å². The Morgan fingerprint density at radius 1 is 1.59 bits per heavy atom. The van der Waals surface area contributed by atoms with E-state index in [1.807, 2.05) is 6.07 Å². The topological polar surface area (TPSA) is 117 Å². The van der Waals surface area contributed by atoms with E-state index in [0.717, 1.165) is 0 Å². The van der Waals surface area contributed by atoms with Gasteiger partial charge >= 0.3 is 5.97 Å². The van der Waals surface area contributed by atoms with Gasteiger partial charge in [0.05, 0.1) is 18.4 Å². The summed E-state index contributed by atoms with van der Waals surface area (Å²) in [5.41, 5.74) is 0.738. The number of aromatic amines is 1. The molecule has 0 saturated heterocycles. The van der Waals surface area contributed by atoms with Crippen molar-refractivity contribution in [2.45, 2.75) is 0 Å². The number of anilines is 1. The van der Waals surface area contributed by atoms with Crippen molar-refractivity contribution in [1.29, 1.82) is 5.26 Å². The number of carbonyl (C=O) groups excluding carboxylic acids is 1. The van der Waals surface area contributed by atoms with Gasteiger partial charge in [-0.05, 0) is 33.3 Å². The molecule has 0 amide bonds. The van der Waals surface area contributed by atoms with Crippen LogP contribution in [0.2, 0.25) is 5.02 Å². The molecule has 2 N–H and O–H groups in total. The molecule has 8 nitrogen and oxygen atoms in total. The predicted molar refractivity (Wildman–Crippen MR) is 81.9 cm³/mol. The SMILES string of the molecule is COC(=O)c1cc(Cl)cc(Br)c1NC=C(C#N)c1nn[nH]n1. The predicted octanol–water partition coefficient (Wildman–Crippen LogP) is 2.38. The number of nitrogens with zero attached hydrogens (tertiary/aromatic N) is 4. The van der Waals surface area contributed by atoms with Gasteiger partial charge in [0.15, 0.2) is 0 Å². The lowest BCUT2D eigenvalue weighted by Crippen LogP contribution is -2.06. The standard InChI is InChI=1S/C12H8BrClN6O2/c1-22-12(21)8-2-7(14)3-9(13)10(8)16-5-6(4-15)11-17-19-20-18-11/h2-3,5,16H,1H3,(H,17,18,19,20). The average Bonchev–Trinajstić information content (AvgIpc) is 3.02. The molecule has 0 radical (unpaired) electrons. The van der Waals surface area contributed by atoms with E-state index < -0.39 is 5.97 Å². The number of hydrogen-bond acceptors (Lipinski definition) is 7. The Kier molecular flexibility index (Phi) is 5.08. The van der Waals surface area contributed by atoms with Crippen LogP contribution in [0, 0.1) is 11.3 Å². The maximum absolute atomic E-state index is 11.8. The molecular weight excluding hydrogens is 376 g/mol. The molecule has 10 heteroatoms. The number of benzene rings is 1. The maximum Gasteiger partial charge on any atom is 0.340 e. The highest BCUT2D eigenvalue weighted by atomic mass is 79.9. The molecule has 2 aromatic rings. The lowest BCUT2D eigenvalue weighted by atomic mass is 10.1.